The smallest absolute Gasteiger partial charge is 0.347 e. The van der Waals surface area contributed by atoms with Crippen molar-refractivity contribution >= 4 is 17.0 Å². The first-order valence-electron chi connectivity index (χ1n) is 6.91. The van der Waals surface area contributed by atoms with Crippen LogP contribution in [-0.4, -0.2) is 27.2 Å². The third kappa shape index (κ3) is 2.61. The fourth-order valence-electron chi connectivity index (χ4n) is 2.22. The molecule has 6 nitrogen and oxygen atoms in total. The lowest BCUT2D eigenvalue weighted by Crippen LogP contribution is -2.28. The summed E-state index contributed by atoms with van der Waals surface area (Å²) in [4.78, 5) is 28.7. The van der Waals surface area contributed by atoms with Gasteiger partial charge >= 0.3 is 5.97 Å². The minimum atomic E-state index is -0.813. The van der Waals surface area contributed by atoms with Crippen molar-refractivity contribution in [1.82, 2.24) is 9.55 Å². The molecule has 112 valence electrons. The molecule has 0 unspecified atom stereocenters. The average Bonchev–Trinajstić information content (AvgIpc) is 2.43. The molecule has 2 heterocycles. The summed E-state index contributed by atoms with van der Waals surface area (Å²) in [6, 6.07) is 3.37. The van der Waals surface area contributed by atoms with Crippen molar-refractivity contribution in [3.8, 4) is 5.75 Å². The molecule has 0 saturated heterocycles. The number of pyridine rings is 2. The molecule has 0 spiro atoms. The number of hydrogen-bond donors (Lipinski definition) is 1. The first-order chi connectivity index (χ1) is 10.0. The van der Waals surface area contributed by atoms with Gasteiger partial charge in [-0.2, -0.15) is 0 Å². The van der Waals surface area contributed by atoms with Crippen LogP contribution >= 0.6 is 0 Å². The molecule has 2 aromatic rings. The second-order valence-corrected chi connectivity index (χ2v) is 4.72. The molecule has 0 saturated carbocycles. The summed E-state index contributed by atoms with van der Waals surface area (Å²) in [5.74, 6) is -1.18. The van der Waals surface area contributed by atoms with Crippen molar-refractivity contribution in [2.75, 3.05) is 6.61 Å². The number of nitrogens with zero attached hydrogens (tertiary/aromatic N) is 2. The number of aryl methyl sites for hydroxylation is 2. The van der Waals surface area contributed by atoms with E-state index < -0.39 is 11.5 Å². The molecule has 0 radical (unpaired) electrons. The van der Waals surface area contributed by atoms with E-state index in [-0.39, 0.29) is 17.9 Å². The van der Waals surface area contributed by atoms with E-state index in [9.17, 15) is 14.7 Å². The summed E-state index contributed by atoms with van der Waals surface area (Å²) in [5, 5.41) is 10.6. The van der Waals surface area contributed by atoms with Gasteiger partial charge < -0.3 is 9.84 Å². The highest BCUT2D eigenvalue weighted by Gasteiger charge is 2.23. The van der Waals surface area contributed by atoms with Gasteiger partial charge in [-0.05, 0) is 32.4 Å². The predicted molar refractivity (Wildman–Crippen MR) is 78.7 cm³/mol. The van der Waals surface area contributed by atoms with Gasteiger partial charge in [0.1, 0.15) is 11.4 Å². The minimum absolute atomic E-state index is 0.135. The van der Waals surface area contributed by atoms with E-state index in [0.29, 0.717) is 24.0 Å². The molecule has 0 aliphatic heterocycles. The molecular formula is C15H18N2O4. The Labute approximate surface area is 122 Å². The Morgan fingerprint density at radius 1 is 1.38 bits per heavy atom. The van der Waals surface area contributed by atoms with Gasteiger partial charge in [-0.15, -0.1) is 0 Å². The molecule has 2 rings (SSSR count). The van der Waals surface area contributed by atoms with Crippen LogP contribution in [0, 0.1) is 6.92 Å². The van der Waals surface area contributed by atoms with E-state index in [1.54, 1.807) is 26.0 Å². The number of aromatic nitrogens is 2. The normalized spacial score (nSPS) is 10.8. The number of carbonyl (C=O) groups is 1. The minimum Gasteiger partial charge on any atom is -0.506 e. The van der Waals surface area contributed by atoms with Gasteiger partial charge in [0.05, 0.1) is 12.0 Å². The van der Waals surface area contributed by atoms with E-state index in [1.165, 1.54) is 4.57 Å². The first-order valence-corrected chi connectivity index (χ1v) is 6.91. The first kappa shape index (κ1) is 15.0. The molecule has 0 aromatic carbocycles. The lowest BCUT2D eigenvalue weighted by atomic mass is 10.1. The standard InChI is InChI=1S/C15H18N2O4/c1-4-8-17-13-10(7-6-9(3)16-13)12(18)11(14(17)19)15(20)21-5-2/h6-7,18H,4-5,8H2,1-3H3. The summed E-state index contributed by atoms with van der Waals surface area (Å²) >= 11 is 0. The van der Waals surface area contributed by atoms with E-state index in [2.05, 4.69) is 4.98 Å². The molecule has 2 aromatic heterocycles. The largest absolute Gasteiger partial charge is 0.506 e. The number of ether oxygens (including phenoxy) is 1. The maximum atomic E-state index is 12.5. The number of fused-ring (bicyclic) bond motifs is 1. The van der Waals surface area contributed by atoms with Crippen molar-refractivity contribution in [2.24, 2.45) is 0 Å². The second-order valence-electron chi connectivity index (χ2n) is 4.72. The molecular weight excluding hydrogens is 272 g/mol. The Morgan fingerprint density at radius 2 is 2.10 bits per heavy atom. The van der Waals surface area contributed by atoms with Crippen molar-refractivity contribution in [2.45, 2.75) is 33.7 Å². The average molecular weight is 290 g/mol. The quantitative estimate of drug-likeness (QED) is 0.871. The SMILES string of the molecule is CCCn1c(=O)c(C(=O)OCC)c(O)c2ccc(C)nc21. The summed E-state index contributed by atoms with van der Waals surface area (Å²) in [6.07, 6.45) is 0.706. The predicted octanol–water partition coefficient (Wildman–Crippen LogP) is 2.00. The van der Waals surface area contributed by atoms with E-state index in [0.717, 1.165) is 5.69 Å². The van der Waals surface area contributed by atoms with Gasteiger partial charge in [-0.3, -0.25) is 9.36 Å². The van der Waals surface area contributed by atoms with E-state index in [1.807, 2.05) is 6.92 Å². The van der Waals surface area contributed by atoms with E-state index in [4.69, 9.17) is 4.74 Å². The lowest BCUT2D eigenvalue weighted by molar-refractivity contribution is 0.0520. The maximum absolute atomic E-state index is 12.5. The molecule has 6 heteroatoms. The van der Waals surface area contributed by atoms with Crippen LogP contribution in [-0.2, 0) is 11.3 Å². The van der Waals surface area contributed by atoms with Crippen LogP contribution < -0.4 is 5.56 Å². The van der Waals surface area contributed by atoms with E-state index >= 15 is 0 Å². The fraction of sp³-hybridized carbons (Fsp3) is 0.400. The molecule has 1 N–H and O–H groups in total. The Hall–Kier alpha value is -2.37. The summed E-state index contributed by atoms with van der Waals surface area (Å²) in [5.41, 5.74) is 0.212. The Morgan fingerprint density at radius 3 is 2.71 bits per heavy atom. The number of aromatic hydroxyl groups is 1. The van der Waals surface area contributed by atoms with Crippen molar-refractivity contribution < 1.29 is 14.6 Å². The van der Waals surface area contributed by atoms with Gasteiger partial charge in [-0.1, -0.05) is 6.92 Å². The molecule has 0 aliphatic carbocycles. The Balaban J connectivity index is 2.85. The fourth-order valence-corrected chi connectivity index (χ4v) is 2.22. The monoisotopic (exact) mass is 290 g/mol. The highest BCUT2D eigenvalue weighted by molar-refractivity contribution is 5.98. The molecule has 0 amide bonds. The van der Waals surface area contributed by atoms with Gasteiger partial charge in [0, 0.05) is 12.2 Å². The molecule has 0 atom stereocenters. The molecule has 0 fully saturated rings. The number of esters is 1. The lowest BCUT2D eigenvalue weighted by Gasteiger charge is -2.13. The van der Waals surface area contributed by atoms with Crippen LogP contribution in [0.4, 0.5) is 0 Å². The zero-order valence-electron chi connectivity index (χ0n) is 12.3. The molecule has 21 heavy (non-hydrogen) atoms. The Bertz CT molecular complexity index is 749. The van der Waals surface area contributed by atoms with Crippen LogP contribution in [0.25, 0.3) is 11.0 Å². The number of hydrogen-bond acceptors (Lipinski definition) is 5. The van der Waals surface area contributed by atoms with Crippen molar-refractivity contribution in [1.29, 1.82) is 0 Å². The van der Waals surface area contributed by atoms with Crippen LogP contribution in [0.3, 0.4) is 0 Å². The van der Waals surface area contributed by atoms with Crippen molar-refractivity contribution in [3.05, 3.63) is 33.7 Å². The Kier molecular flexibility index (Phi) is 4.26. The highest BCUT2D eigenvalue weighted by Crippen LogP contribution is 2.26. The summed E-state index contributed by atoms with van der Waals surface area (Å²) < 4.78 is 6.27. The zero-order chi connectivity index (χ0) is 15.6. The topological polar surface area (TPSA) is 81.4 Å². The second kappa shape index (κ2) is 5.95. The van der Waals surface area contributed by atoms with Crippen LogP contribution in [0.15, 0.2) is 16.9 Å². The van der Waals surface area contributed by atoms with Gasteiger partial charge in [0.2, 0.25) is 0 Å². The molecule has 0 bridgehead atoms. The van der Waals surface area contributed by atoms with Crippen LogP contribution in [0.5, 0.6) is 5.75 Å². The van der Waals surface area contributed by atoms with Gasteiger partial charge in [0.15, 0.2) is 5.56 Å². The van der Waals surface area contributed by atoms with Gasteiger partial charge in [0.25, 0.3) is 5.56 Å². The highest BCUT2D eigenvalue weighted by atomic mass is 16.5. The zero-order valence-corrected chi connectivity index (χ0v) is 12.3. The van der Waals surface area contributed by atoms with Crippen LogP contribution in [0.2, 0.25) is 0 Å². The summed E-state index contributed by atoms with van der Waals surface area (Å²) in [7, 11) is 0. The maximum Gasteiger partial charge on any atom is 0.347 e. The number of carbonyl (C=O) groups excluding carboxylic acids is 1. The summed E-state index contributed by atoms with van der Waals surface area (Å²) in [6.45, 7) is 5.92. The third-order valence-corrected chi connectivity index (χ3v) is 3.15. The third-order valence-electron chi connectivity index (χ3n) is 3.15. The number of rotatable bonds is 4. The van der Waals surface area contributed by atoms with Gasteiger partial charge in [-0.25, -0.2) is 9.78 Å². The van der Waals surface area contributed by atoms with Crippen LogP contribution in [0.1, 0.15) is 36.3 Å². The van der Waals surface area contributed by atoms with Crippen molar-refractivity contribution in [3.63, 3.8) is 0 Å². The molecule has 0 aliphatic rings.